The van der Waals surface area contributed by atoms with Gasteiger partial charge in [-0.2, -0.15) is 0 Å². The van der Waals surface area contributed by atoms with Gasteiger partial charge in [-0.05, 0) is 32.0 Å². The molecule has 0 N–H and O–H groups in total. The molecule has 1 aromatic rings. The predicted octanol–water partition coefficient (Wildman–Crippen LogP) is 1.71. The number of carbonyl (C=O) groups is 2. The van der Waals surface area contributed by atoms with E-state index in [4.69, 9.17) is 4.74 Å². The molecule has 5 heteroatoms. The quantitative estimate of drug-likeness (QED) is 0.768. The van der Waals surface area contributed by atoms with E-state index < -0.39 is 11.7 Å². The largest absolute Gasteiger partial charge is 0.377 e. The van der Waals surface area contributed by atoms with Crippen LogP contribution in [0, 0.1) is 0 Å². The van der Waals surface area contributed by atoms with E-state index >= 15 is 0 Å². The van der Waals surface area contributed by atoms with E-state index in [2.05, 4.69) is 0 Å². The Morgan fingerprint density at radius 2 is 2.00 bits per heavy atom. The third kappa shape index (κ3) is 2.67. The maximum absolute atomic E-state index is 11.7. The Labute approximate surface area is 119 Å². The van der Waals surface area contributed by atoms with Crippen molar-refractivity contribution in [3.63, 3.8) is 0 Å². The van der Waals surface area contributed by atoms with Crippen molar-refractivity contribution in [2.24, 2.45) is 0 Å². The average molecular weight is 276 g/mol. The molecule has 1 heterocycles. The van der Waals surface area contributed by atoms with Gasteiger partial charge in [0.25, 0.3) is 11.7 Å². The molecular formula is C15H20N2O3. The van der Waals surface area contributed by atoms with Crippen molar-refractivity contribution < 1.29 is 14.3 Å². The van der Waals surface area contributed by atoms with E-state index in [0.717, 1.165) is 12.2 Å². The lowest BCUT2D eigenvalue weighted by atomic mass is 10.1. The predicted molar refractivity (Wildman–Crippen MR) is 78.5 cm³/mol. The maximum Gasteiger partial charge on any atom is 0.299 e. The normalized spacial score (nSPS) is 14.2. The molecular weight excluding hydrogens is 256 g/mol. The molecule has 1 amide bonds. The summed E-state index contributed by atoms with van der Waals surface area (Å²) in [4.78, 5) is 26.8. The number of fused-ring (bicyclic) bond motifs is 1. The average Bonchev–Trinajstić information content (AvgIpc) is 2.63. The number of amides is 1. The highest BCUT2D eigenvalue weighted by Gasteiger charge is 2.33. The van der Waals surface area contributed by atoms with Crippen LogP contribution in [0.1, 0.15) is 24.2 Å². The van der Waals surface area contributed by atoms with E-state index in [1.54, 1.807) is 13.1 Å². The van der Waals surface area contributed by atoms with Gasteiger partial charge >= 0.3 is 0 Å². The van der Waals surface area contributed by atoms with E-state index in [1.807, 2.05) is 37.9 Å². The van der Waals surface area contributed by atoms with Crippen molar-refractivity contribution in [3.8, 4) is 0 Å². The van der Waals surface area contributed by atoms with Crippen LogP contribution in [0.5, 0.6) is 0 Å². The van der Waals surface area contributed by atoms with Crippen molar-refractivity contribution in [1.82, 2.24) is 0 Å². The Kier molecular flexibility index (Phi) is 4.09. The highest BCUT2D eigenvalue weighted by atomic mass is 16.5. The third-order valence-electron chi connectivity index (χ3n) is 3.40. The van der Waals surface area contributed by atoms with Crippen molar-refractivity contribution >= 4 is 23.1 Å². The van der Waals surface area contributed by atoms with Gasteiger partial charge in [0.05, 0.1) is 24.0 Å². The van der Waals surface area contributed by atoms with Crippen molar-refractivity contribution in [2.75, 3.05) is 37.0 Å². The fourth-order valence-electron chi connectivity index (χ4n) is 2.16. The van der Waals surface area contributed by atoms with Crippen LogP contribution < -0.4 is 9.80 Å². The number of carbonyl (C=O) groups excluding carboxylic acids is 2. The van der Waals surface area contributed by atoms with Gasteiger partial charge in [0.2, 0.25) is 0 Å². The molecule has 0 saturated heterocycles. The molecule has 0 aliphatic carbocycles. The Balaban J connectivity index is 2.12. The van der Waals surface area contributed by atoms with Gasteiger partial charge in [0.15, 0.2) is 0 Å². The van der Waals surface area contributed by atoms with Crippen LogP contribution in [0.3, 0.4) is 0 Å². The lowest BCUT2D eigenvalue weighted by Crippen LogP contribution is -2.25. The van der Waals surface area contributed by atoms with Crippen molar-refractivity contribution in [3.05, 3.63) is 23.8 Å². The molecule has 0 spiro atoms. The summed E-state index contributed by atoms with van der Waals surface area (Å²) >= 11 is 0. The first-order valence-corrected chi connectivity index (χ1v) is 6.71. The number of benzene rings is 1. The van der Waals surface area contributed by atoms with Crippen molar-refractivity contribution in [2.45, 2.75) is 20.0 Å². The van der Waals surface area contributed by atoms with Gasteiger partial charge in [0, 0.05) is 26.3 Å². The lowest BCUT2D eigenvalue weighted by Gasteiger charge is -2.21. The summed E-state index contributed by atoms with van der Waals surface area (Å²) in [7, 11) is 3.59. The van der Waals surface area contributed by atoms with Crippen LogP contribution >= 0.6 is 0 Å². The summed E-state index contributed by atoms with van der Waals surface area (Å²) < 4.78 is 5.52. The molecule has 0 aromatic heterocycles. The number of nitrogens with zero attached hydrogens (tertiary/aromatic N) is 2. The lowest BCUT2D eigenvalue weighted by molar-refractivity contribution is -0.114. The number of Topliss-reactive ketones (excluding diaryl/α,β-unsaturated/α-hetero) is 1. The van der Waals surface area contributed by atoms with Crippen LogP contribution in [0.2, 0.25) is 0 Å². The second-order valence-corrected chi connectivity index (χ2v) is 5.24. The Morgan fingerprint density at radius 1 is 1.30 bits per heavy atom. The first-order valence-electron chi connectivity index (χ1n) is 6.71. The van der Waals surface area contributed by atoms with Gasteiger partial charge in [0.1, 0.15) is 0 Å². The Morgan fingerprint density at radius 3 is 2.65 bits per heavy atom. The molecule has 0 atom stereocenters. The highest BCUT2D eigenvalue weighted by Crippen LogP contribution is 2.31. The number of rotatable bonds is 5. The minimum atomic E-state index is -0.469. The van der Waals surface area contributed by atoms with Crippen LogP contribution in [-0.2, 0) is 9.53 Å². The number of hydrogen-bond acceptors (Lipinski definition) is 4. The molecule has 0 bridgehead atoms. The van der Waals surface area contributed by atoms with Gasteiger partial charge in [-0.3, -0.25) is 9.59 Å². The Bertz CT molecular complexity index is 540. The van der Waals surface area contributed by atoms with Gasteiger partial charge in [-0.1, -0.05) is 0 Å². The molecule has 0 radical (unpaired) electrons. The second-order valence-electron chi connectivity index (χ2n) is 5.24. The fraction of sp³-hybridized carbons (Fsp3) is 0.467. The summed E-state index contributed by atoms with van der Waals surface area (Å²) in [6, 6.07) is 5.44. The summed E-state index contributed by atoms with van der Waals surface area (Å²) in [6.07, 6.45) is 0.213. The fourth-order valence-corrected chi connectivity index (χ4v) is 2.16. The second kappa shape index (κ2) is 5.63. The molecule has 108 valence electrons. The van der Waals surface area contributed by atoms with E-state index in [9.17, 15) is 9.59 Å². The number of likely N-dealkylation sites (N-methyl/N-ethyl adjacent to an activating group) is 2. The molecule has 1 aromatic carbocycles. The van der Waals surface area contributed by atoms with E-state index in [-0.39, 0.29) is 6.10 Å². The molecule has 20 heavy (non-hydrogen) atoms. The zero-order valence-corrected chi connectivity index (χ0v) is 12.3. The number of ketones is 1. The zero-order valence-electron chi connectivity index (χ0n) is 12.3. The standard InChI is InChI=1S/C15H20N2O3/c1-10(2)20-8-7-16(3)11-5-6-12-13(9-11)17(4)15(19)14(12)18/h5-6,9-10H,7-8H2,1-4H3. The SMILES string of the molecule is CC(C)OCCN(C)c1ccc2c(c1)N(C)C(=O)C2=O. The maximum atomic E-state index is 11.7. The summed E-state index contributed by atoms with van der Waals surface area (Å²) in [6.45, 7) is 5.39. The van der Waals surface area contributed by atoms with Crippen molar-refractivity contribution in [1.29, 1.82) is 0 Å². The zero-order chi connectivity index (χ0) is 14.9. The summed E-state index contributed by atoms with van der Waals surface area (Å²) in [5, 5.41) is 0. The monoisotopic (exact) mass is 276 g/mol. The molecule has 0 fully saturated rings. The van der Waals surface area contributed by atoms with Crippen LogP contribution in [0.15, 0.2) is 18.2 Å². The summed E-state index contributed by atoms with van der Waals surface area (Å²) in [5.41, 5.74) is 2.12. The number of anilines is 2. The minimum absolute atomic E-state index is 0.213. The topological polar surface area (TPSA) is 49.9 Å². The summed E-state index contributed by atoms with van der Waals surface area (Å²) in [5.74, 6) is -0.900. The highest BCUT2D eigenvalue weighted by molar-refractivity contribution is 6.52. The first-order chi connectivity index (χ1) is 9.41. The minimum Gasteiger partial charge on any atom is -0.377 e. The van der Waals surface area contributed by atoms with Crippen LogP contribution in [0.25, 0.3) is 0 Å². The molecule has 0 saturated carbocycles. The third-order valence-corrected chi connectivity index (χ3v) is 3.40. The molecule has 1 aliphatic rings. The Hall–Kier alpha value is -1.88. The van der Waals surface area contributed by atoms with Gasteiger partial charge in [-0.25, -0.2) is 0 Å². The van der Waals surface area contributed by atoms with Crippen LogP contribution in [0.4, 0.5) is 11.4 Å². The number of ether oxygens (including phenoxy) is 1. The molecule has 2 rings (SSSR count). The number of hydrogen-bond donors (Lipinski definition) is 0. The molecule has 1 aliphatic heterocycles. The molecule has 5 nitrogen and oxygen atoms in total. The van der Waals surface area contributed by atoms with Gasteiger partial charge in [-0.15, -0.1) is 0 Å². The van der Waals surface area contributed by atoms with Crippen LogP contribution in [-0.4, -0.2) is 45.0 Å². The smallest absolute Gasteiger partial charge is 0.299 e. The van der Waals surface area contributed by atoms with E-state index in [1.165, 1.54) is 4.90 Å². The van der Waals surface area contributed by atoms with Gasteiger partial charge < -0.3 is 14.5 Å². The first kappa shape index (κ1) is 14.5. The molecule has 0 unspecified atom stereocenters. The van der Waals surface area contributed by atoms with E-state index in [0.29, 0.717) is 17.9 Å².